The first-order chi connectivity index (χ1) is 12.2. The van der Waals surface area contributed by atoms with Crippen LogP contribution < -0.4 is 21.1 Å². The molecule has 0 unspecified atom stereocenters. The molecule has 4 N–H and O–H groups in total. The fourth-order valence-corrected chi connectivity index (χ4v) is 3.53. The minimum Gasteiger partial charge on any atom is -0.490 e. The van der Waals surface area contributed by atoms with Crippen molar-refractivity contribution in [2.75, 3.05) is 11.5 Å². The van der Waals surface area contributed by atoms with Crippen molar-refractivity contribution in [3.05, 3.63) is 24.0 Å². The van der Waals surface area contributed by atoms with E-state index in [2.05, 4.69) is 9.98 Å². The highest BCUT2D eigenvalue weighted by Crippen LogP contribution is 2.40. The number of guanidine groups is 2. The number of aliphatic imine (C=N–C) groups is 2. The van der Waals surface area contributed by atoms with Crippen LogP contribution in [0, 0.1) is 11.2 Å². The maximum atomic E-state index is 14.6. The van der Waals surface area contributed by atoms with Gasteiger partial charge in [0.25, 0.3) is 0 Å². The second-order valence-electron chi connectivity index (χ2n) is 8.28. The van der Waals surface area contributed by atoms with Crippen LogP contribution in [0.15, 0.2) is 28.2 Å². The molecule has 1 aromatic carbocycles. The topological polar surface area (TPSA) is 89.2 Å². The highest BCUT2D eigenvalue weighted by Gasteiger charge is 2.42. The zero-order chi connectivity index (χ0) is 18.9. The average Bonchev–Trinajstić information content (AvgIpc) is 2.53. The van der Waals surface area contributed by atoms with Gasteiger partial charge in [0.1, 0.15) is 5.66 Å². The molecule has 1 aliphatic carbocycles. The molecule has 0 amide bonds. The van der Waals surface area contributed by atoms with Gasteiger partial charge < -0.3 is 16.2 Å². The maximum Gasteiger partial charge on any atom is 0.220 e. The number of benzene rings is 1. The van der Waals surface area contributed by atoms with Crippen LogP contribution in [0.4, 0.5) is 10.1 Å². The van der Waals surface area contributed by atoms with Crippen LogP contribution in [0.1, 0.15) is 52.9 Å². The molecule has 1 aromatic rings. The zero-order valence-corrected chi connectivity index (χ0v) is 15.8. The molecule has 2 aliphatic rings. The van der Waals surface area contributed by atoms with Crippen molar-refractivity contribution in [2.45, 2.75) is 58.5 Å². The minimum atomic E-state index is -0.575. The van der Waals surface area contributed by atoms with Gasteiger partial charge in [-0.1, -0.05) is 27.2 Å². The maximum absolute atomic E-state index is 14.6. The summed E-state index contributed by atoms with van der Waals surface area (Å²) in [6, 6.07) is 4.88. The van der Waals surface area contributed by atoms with Crippen molar-refractivity contribution in [2.24, 2.45) is 26.9 Å². The van der Waals surface area contributed by atoms with Gasteiger partial charge in [-0.3, -0.25) is 4.90 Å². The second-order valence-corrected chi connectivity index (χ2v) is 8.28. The molecule has 1 aliphatic heterocycles. The van der Waals surface area contributed by atoms with Gasteiger partial charge in [-0.25, -0.2) is 9.38 Å². The Kier molecular flexibility index (Phi) is 4.82. The van der Waals surface area contributed by atoms with Crippen molar-refractivity contribution < 1.29 is 9.13 Å². The summed E-state index contributed by atoms with van der Waals surface area (Å²) in [6.07, 6.45) is 4.82. The van der Waals surface area contributed by atoms with Crippen molar-refractivity contribution >= 4 is 17.6 Å². The van der Waals surface area contributed by atoms with Gasteiger partial charge >= 0.3 is 0 Å². The summed E-state index contributed by atoms with van der Waals surface area (Å²) in [5.74, 6) is 0.248. The van der Waals surface area contributed by atoms with E-state index in [1.165, 1.54) is 6.07 Å². The third-order valence-electron chi connectivity index (χ3n) is 4.69. The first-order valence-corrected chi connectivity index (χ1v) is 9.12. The monoisotopic (exact) mass is 361 g/mol. The Morgan fingerprint density at radius 1 is 1.19 bits per heavy atom. The third kappa shape index (κ3) is 3.76. The molecule has 0 radical (unpaired) electrons. The average molecular weight is 361 g/mol. The van der Waals surface area contributed by atoms with Crippen LogP contribution in [-0.4, -0.2) is 24.2 Å². The lowest BCUT2D eigenvalue weighted by molar-refractivity contribution is 0.191. The van der Waals surface area contributed by atoms with Crippen molar-refractivity contribution in [3.63, 3.8) is 0 Å². The van der Waals surface area contributed by atoms with Crippen LogP contribution in [-0.2, 0) is 0 Å². The first-order valence-electron chi connectivity index (χ1n) is 9.12. The van der Waals surface area contributed by atoms with Crippen LogP contribution in [0.5, 0.6) is 5.75 Å². The molecule has 3 rings (SSSR count). The van der Waals surface area contributed by atoms with Gasteiger partial charge in [-0.15, -0.1) is 0 Å². The molecule has 6 nitrogen and oxygen atoms in total. The summed E-state index contributed by atoms with van der Waals surface area (Å²) in [7, 11) is 0. The second kappa shape index (κ2) is 6.78. The van der Waals surface area contributed by atoms with Crippen molar-refractivity contribution in [1.29, 1.82) is 0 Å². The predicted molar refractivity (Wildman–Crippen MR) is 103 cm³/mol. The number of nitrogens with zero attached hydrogens (tertiary/aromatic N) is 3. The lowest BCUT2D eigenvalue weighted by Crippen LogP contribution is -2.58. The van der Waals surface area contributed by atoms with Gasteiger partial charge in [-0.05, 0) is 43.2 Å². The Hall–Kier alpha value is -2.31. The van der Waals surface area contributed by atoms with E-state index < -0.39 is 11.5 Å². The Bertz CT molecular complexity index is 732. The quantitative estimate of drug-likeness (QED) is 0.864. The van der Waals surface area contributed by atoms with Crippen LogP contribution >= 0.6 is 0 Å². The molecule has 1 saturated carbocycles. The van der Waals surface area contributed by atoms with E-state index in [-0.39, 0.29) is 23.1 Å². The number of hydrogen-bond acceptors (Lipinski definition) is 6. The van der Waals surface area contributed by atoms with Crippen LogP contribution in [0.3, 0.4) is 0 Å². The predicted octanol–water partition coefficient (Wildman–Crippen LogP) is 3.36. The molecule has 0 aromatic heterocycles. The van der Waals surface area contributed by atoms with Crippen LogP contribution in [0.2, 0.25) is 0 Å². The summed E-state index contributed by atoms with van der Waals surface area (Å²) < 4.78 is 20.3. The number of nitrogens with two attached hydrogens (primary N) is 2. The van der Waals surface area contributed by atoms with Crippen LogP contribution in [0.25, 0.3) is 0 Å². The van der Waals surface area contributed by atoms with E-state index in [1.807, 2.05) is 25.7 Å². The van der Waals surface area contributed by atoms with E-state index in [4.69, 9.17) is 16.2 Å². The highest BCUT2D eigenvalue weighted by atomic mass is 19.1. The van der Waals surface area contributed by atoms with Gasteiger partial charge in [0.15, 0.2) is 11.6 Å². The standard InChI is InChI=1S/C19H28FN5O/c1-18(2,3)12-26-15-8-7-13(11-14(15)20)25-17(22)23-16(21)24-19(25)9-5-4-6-10-19/h7-8,11H,4-6,9-10,12H2,1-3H3,(H4,21,22,23,24). The van der Waals surface area contributed by atoms with Crippen molar-refractivity contribution in [1.82, 2.24) is 0 Å². The van der Waals surface area contributed by atoms with E-state index in [0.717, 1.165) is 32.1 Å². The highest BCUT2D eigenvalue weighted by molar-refractivity contribution is 6.05. The zero-order valence-electron chi connectivity index (χ0n) is 15.8. The fourth-order valence-electron chi connectivity index (χ4n) is 3.53. The van der Waals surface area contributed by atoms with E-state index >= 15 is 0 Å². The number of anilines is 1. The molecule has 1 spiro atoms. The summed E-state index contributed by atoms with van der Waals surface area (Å²) >= 11 is 0. The molecule has 0 saturated heterocycles. The smallest absolute Gasteiger partial charge is 0.220 e. The molecular weight excluding hydrogens is 333 g/mol. The molecule has 1 fully saturated rings. The minimum absolute atomic E-state index is 0.0482. The Balaban J connectivity index is 1.91. The van der Waals surface area contributed by atoms with Gasteiger partial charge in [-0.2, -0.15) is 4.99 Å². The lowest BCUT2D eigenvalue weighted by Gasteiger charge is -2.45. The Morgan fingerprint density at radius 2 is 1.88 bits per heavy atom. The van der Waals surface area contributed by atoms with E-state index in [0.29, 0.717) is 12.3 Å². The molecule has 1 heterocycles. The third-order valence-corrected chi connectivity index (χ3v) is 4.69. The van der Waals surface area contributed by atoms with Crippen molar-refractivity contribution in [3.8, 4) is 5.75 Å². The number of hydrogen-bond donors (Lipinski definition) is 2. The molecule has 142 valence electrons. The summed E-state index contributed by atoms with van der Waals surface area (Å²) in [6.45, 7) is 6.56. The number of rotatable bonds is 3. The van der Waals surface area contributed by atoms with E-state index in [1.54, 1.807) is 12.1 Å². The lowest BCUT2D eigenvalue weighted by atomic mass is 9.87. The van der Waals surface area contributed by atoms with Gasteiger partial charge in [0.2, 0.25) is 11.9 Å². The SMILES string of the molecule is CC(C)(C)COc1ccc(N2C(N)=NC(N)=NC23CCCCC3)cc1F. The van der Waals surface area contributed by atoms with Gasteiger partial charge in [0.05, 0.1) is 6.61 Å². The molecule has 0 atom stereocenters. The summed E-state index contributed by atoms with van der Waals surface area (Å²) in [5, 5.41) is 0. The van der Waals surface area contributed by atoms with Gasteiger partial charge in [0, 0.05) is 11.8 Å². The summed E-state index contributed by atoms with van der Waals surface area (Å²) in [4.78, 5) is 10.5. The number of ether oxygens (including phenoxy) is 1. The Morgan fingerprint density at radius 3 is 2.50 bits per heavy atom. The Labute approximate surface area is 154 Å². The molecule has 26 heavy (non-hydrogen) atoms. The first kappa shape index (κ1) is 18.5. The molecular formula is C19H28FN5O. The normalized spacial score (nSPS) is 19.9. The molecule has 0 bridgehead atoms. The fraction of sp³-hybridized carbons (Fsp3) is 0.579. The van der Waals surface area contributed by atoms with E-state index in [9.17, 15) is 4.39 Å². The summed E-state index contributed by atoms with van der Waals surface area (Å²) in [5.41, 5.74) is 12.0. The largest absolute Gasteiger partial charge is 0.490 e. The number of halogens is 1. The molecule has 7 heteroatoms.